The summed E-state index contributed by atoms with van der Waals surface area (Å²) in [4.78, 5) is 20.4. The molecule has 3 saturated heterocycles. The second kappa shape index (κ2) is 6.75. The van der Waals surface area contributed by atoms with Gasteiger partial charge in [-0.05, 0) is 37.8 Å². The first-order chi connectivity index (χ1) is 11.7. The number of likely N-dealkylation sites (tertiary alicyclic amines) is 1. The molecule has 4 heterocycles. The molecule has 0 aromatic carbocycles. The van der Waals surface area contributed by atoms with Gasteiger partial charge in [0.15, 0.2) is 0 Å². The maximum absolute atomic E-state index is 12.5. The molecule has 1 atom stereocenters. The average molecular weight is 350 g/mol. The number of thiophene rings is 1. The molecule has 132 valence electrons. The highest BCUT2D eigenvalue weighted by molar-refractivity contribution is 7.12. The number of rotatable bonds is 2. The van der Waals surface area contributed by atoms with Crippen molar-refractivity contribution in [1.29, 1.82) is 0 Å². The zero-order chi connectivity index (χ0) is 16.6. The van der Waals surface area contributed by atoms with Gasteiger partial charge in [-0.15, -0.1) is 11.3 Å². The summed E-state index contributed by atoms with van der Waals surface area (Å²) in [5.74, 6) is 0.188. The largest absolute Gasteiger partial charge is 0.373 e. The van der Waals surface area contributed by atoms with Gasteiger partial charge in [-0.1, -0.05) is 6.07 Å². The first-order valence-electron chi connectivity index (χ1n) is 9.05. The zero-order valence-corrected chi connectivity index (χ0v) is 15.3. The molecule has 1 spiro atoms. The van der Waals surface area contributed by atoms with Gasteiger partial charge < -0.3 is 14.5 Å². The van der Waals surface area contributed by atoms with Crippen LogP contribution in [0.2, 0.25) is 0 Å². The van der Waals surface area contributed by atoms with E-state index in [1.165, 1.54) is 11.3 Å². The number of piperidine rings is 1. The molecule has 1 aromatic rings. The van der Waals surface area contributed by atoms with Gasteiger partial charge in [0.25, 0.3) is 5.91 Å². The Morgan fingerprint density at radius 3 is 2.62 bits per heavy atom. The van der Waals surface area contributed by atoms with Crippen molar-refractivity contribution in [3.63, 3.8) is 0 Å². The summed E-state index contributed by atoms with van der Waals surface area (Å²) in [5.41, 5.74) is 0.0141. The van der Waals surface area contributed by atoms with Crippen molar-refractivity contribution in [2.24, 2.45) is 0 Å². The van der Waals surface area contributed by atoms with Crippen LogP contribution < -0.4 is 0 Å². The summed E-state index contributed by atoms with van der Waals surface area (Å²) in [5, 5.41) is 1.97. The maximum Gasteiger partial charge on any atom is 0.263 e. The lowest BCUT2D eigenvalue weighted by molar-refractivity contribution is -0.0394. The van der Waals surface area contributed by atoms with Crippen LogP contribution in [0.5, 0.6) is 0 Å². The van der Waals surface area contributed by atoms with Gasteiger partial charge in [-0.25, -0.2) is 0 Å². The molecule has 3 fully saturated rings. The Hall–Kier alpha value is -0.950. The van der Waals surface area contributed by atoms with Crippen LogP contribution in [-0.4, -0.2) is 85.2 Å². The quantitative estimate of drug-likeness (QED) is 0.815. The predicted octanol–water partition coefficient (Wildman–Crippen LogP) is 1.76. The van der Waals surface area contributed by atoms with E-state index in [-0.39, 0.29) is 11.5 Å². The number of hydrogen-bond donors (Lipinski definition) is 0. The van der Waals surface area contributed by atoms with E-state index in [1.54, 1.807) is 0 Å². The fraction of sp³-hybridized carbons (Fsp3) is 0.722. The number of ether oxygens (including phenoxy) is 1. The second-order valence-electron chi connectivity index (χ2n) is 7.46. The number of carbonyl (C=O) groups is 1. The third-order valence-corrected chi connectivity index (χ3v) is 6.80. The van der Waals surface area contributed by atoms with Crippen LogP contribution >= 0.6 is 11.3 Å². The molecule has 0 unspecified atom stereocenters. The minimum absolute atomic E-state index is 0.0141. The standard InChI is InChI=1S/C18H27N3O2S/c1-19-8-10-20(11-9-19)15-13-18(23-14-15)4-6-21(7-5-18)17(22)16-3-2-12-24-16/h2-3,12,15H,4-11,13-14H2,1H3/t15-/m1/s1. The summed E-state index contributed by atoms with van der Waals surface area (Å²) < 4.78 is 6.30. The molecular weight excluding hydrogens is 322 g/mol. The minimum Gasteiger partial charge on any atom is -0.373 e. The molecule has 24 heavy (non-hydrogen) atoms. The van der Waals surface area contributed by atoms with E-state index in [0.29, 0.717) is 6.04 Å². The lowest BCUT2D eigenvalue weighted by Crippen LogP contribution is -2.50. The molecule has 0 bridgehead atoms. The molecule has 3 aliphatic rings. The van der Waals surface area contributed by atoms with Crippen molar-refractivity contribution in [1.82, 2.24) is 14.7 Å². The minimum atomic E-state index is 0.0141. The van der Waals surface area contributed by atoms with Gasteiger partial charge in [0, 0.05) is 45.3 Å². The van der Waals surface area contributed by atoms with Crippen molar-refractivity contribution in [3.8, 4) is 0 Å². The monoisotopic (exact) mass is 349 g/mol. The van der Waals surface area contributed by atoms with E-state index >= 15 is 0 Å². The molecule has 3 aliphatic heterocycles. The predicted molar refractivity (Wildman–Crippen MR) is 95.6 cm³/mol. The number of piperazine rings is 1. The molecule has 5 nitrogen and oxygen atoms in total. The Bertz CT molecular complexity index is 561. The molecular formula is C18H27N3O2S. The topological polar surface area (TPSA) is 36.0 Å². The number of carbonyl (C=O) groups excluding carboxylic acids is 1. The first-order valence-corrected chi connectivity index (χ1v) is 9.93. The highest BCUT2D eigenvalue weighted by Gasteiger charge is 2.45. The summed E-state index contributed by atoms with van der Waals surface area (Å²) in [6.07, 6.45) is 3.10. The summed E-state index contributed by atoms with van der Waals surface area (Å²) in [6, 6.07) is 4.44. The fourth-order valence-corrected chi connectivity index (χ4v) is 4.95. The molecule has 0 N–H and O–H groups in total. The number of likely N-dealkylation sites (N-methyl/N-ethyl adjacent to an activating group) is 1. The summed E-state index contributed by atoms with van der Waals surface area (Å²) in [6.45, 7) is 7.15. The number of hydrogen-bond acceptors (Lipinski definition) is 5. The van der Waals surface area contributed by atoms with Crippen molar-refractivity contribution in [2.75, 3.05) is 52.9 Å². The Morgan fingerprint density at radius 2 is 1.96 bits per heavy atom. The Kier molecular flexibility index (Phi) is 4.64. The van der Waals surface area contributed by atoms with E-state index < -0.39 is 0 Å². The van der Waals surface area contributed by atoms with Crippen molar-refractivity contribution >= 4 is 17.2 Å². The highest BCUT2D eigenvalue weighted by atomic mass is 32.1. The normalized spacial score (nSPS) is 28.5. The first kappa shape index (κ1) is 16.5. The molecule has 4 rings (SSSR count). The Morgan fingerprint density at radius 1 is 1.21 bits per heavy atom. The lowest BCUT2D eigenvalue weighted by atomic mass is 9.87. The van der Waals surface area contributed by atoms with E-state index in [9.17, 15) is 4.79 Å². The Balaban J connectivity index is 1.32. The van der Waals surface area contributed by atoms with Gasteiger partial charge in [-0.3, -0.25) is 9.69 Å². The molecule has 0 aliphatic carbocycles. The van der Waals surface area contributed by atoms with Gasteiger partial charge in [0.1, 0.15) is 0 Å². The maximum atomic E-state index is 12.5. The van der Waals surface area contributed by atoms with Gasteiger partial charge in [0.05, 0.1) is 17.1 Å². The number of amides is 1. The smallest absolute Gasteiger partial charge is 0.263 e. The summed E-state index contributed by atoms with van der Waals surface area (Å²) >= 11 is 1.53. The third kappa shape index (κ3) is 3.25. The van der Waals surface area contributed by atoms with Crippen LogP contribution in [0.1, 0.15) is 28.9 Å². The van der Waals surface area contributed by atoms with Crippen LogP contribution in [0.25, 0.3) is 0 Å². The summed E-state index contributed by atoms with van der Waals surface area (Å²) in [7, 11) is 2.20. The van der Waals surface area contributed by atoms with E-state index in [0.717, 1.165) is 70.0 Å². The van der Waals surface area contributed by atoms with Crippen molar-refractivity contribution in [2.45, 2.75) is 30.9 Å². The van der Waals surface area contributed by atoms with Crippen LogP contribution in [0.15, 0.2) is 17.5 Å². The lowest BCUT2D eigenvalue weighted by Gasteiger charge is -2.39. The molecule has 0 radical (unpaired) electrons. The van der Waals surface area contributed by atoms with E-state index in [4.69, 9.17) is 4.74 Å². The van der Waals surface area contributed by atoms with Crippen molar-refractivity contribution in [3.05, 3.63) is 22.4 Å². The van der Waals surface area contributed by atoms with Crippen LogP contribution in [0.4, 0.5) is 0 Å². The molecule has 1 amide bonds. The Labute approximate surface area is 148 Å². The van der Waals surface area contributed by atoms with Gasteiger partial charge >= 0.3 is 0 Å². The van der Waals surface area contributed by atoms with Gasteiger partial charge in [-0.2, -0.15) is 0 Å². The van der Waals surface area contributed by atoms with Crippen LogP contribution in [-0.2, 0) is 4.74 Å². The zero-order valence-electron chi connectivity index (χ0n) is 14.4. The molecule has 0 saturated carbocycles. The third-order valence-electron chi connectivity index (χ3n) is 5.94. The molecule has 1 aromatic heterocycles. The second-order valence-corrected chi connectivity index (χ2v) is 8.41. The fourth-order valence-electron chi connectivity index (χ4n) is 4.26. The molecule has 6 heteroatoms. The van der Waals surface area contributed by atoms with Gasteiger partial charge in [0.2, 0.25) is 0 Å². The number of nitrogens with zero attached hydrogens (tertiary/aromatic N) is 3. The van der Waals surface area contributed by atoms with Crippen LogP contribution in [0, 0.1) is 0 Å². The highest BCUT2D eigenvalue weighted by Crippen LogP contribution is 2.38. The van der Waals surface area contributed by atoms with Crippen molar-refractivity contribution < 1.29 is 9.53 Å². The van der Waals surface area contributed by atoms with E-state index in [1.807, 2.05) is 22.4 Å². The SMILES string of the molecule is CN1CCN([C@H]2COC3(CCN(C(=O)c4cccs4)CC3)C2)CC1. The van der Waals surface area contributed by atoms with Crippen LogP contribution in [0.3, 0.4) is 0 Å². The average Bonchev–Trinajstić information content (AvgIpc) is 3.26. The van der Waals surface area contributed by atoms with E-state index in [2.05, 4.69) is 16.8 Å².